The molecule has 2 aliphatic heterocycles. The maximum atomic E-state index is 12.0. The van der Waals surface area contributed by atoms with Crippen LogP contribution in [0.2, 0.25) is 0 Å². The summed E-state index contributed by atoms with van der Waals surface area (Å²) in [6.07, 6.45) is 2.43. The Morgan fingerprint density at radius 3 is 2.46 bits per heavy atom. The highest BCUT2D eigenvalue weighted by Crippen LogP contribution is 2.45. The van der Waals surface area contributed by atoms with Crippen LogP contribution in [0.25, 0.3) is 0 Å². The highest BCUT2D eigenvalue weighted by molar-refractivity contribution is 5.77. The molecule has 1 aromatic carbocycles. The molecule has 1 amide bonds. The van der Waals surface area contributed by atoms with E-state index in [1.54, 1.807) is 21.3 Å². The molecule has 1 aromatic rings. The molecule has 0 radical (unpaired) electrons. The molecule has 1 saturated heterocycles. The van der Waals surface area contributed by atoms with Gasteiger partial charge >= 0.3 is 0 Å². The summed E-state index contributed by atoms with van der Waals surface area (Å²) in [5.41, 5.74) is 2.08. The monoisotopic (exact) mass is 335 g/mol. The Morgan fingerprint density at radius 1 is 1.17 bits per heavy atom. The van der Waals surface area contributed by atoms with Gasteiger partial charge in [-0.1, -0.05) is 0 Å². The number of hydrogen-bond donors (Lipinski definition) is 0. The van der Waals surface area contributed by atoms with Crippen LogP contribution in [-0.4, -0.2) is 58.4 Å². The first-order chi connectivity index (χ1) is 11.6. The Labute approximate surface area is 142 Å². The molecule has 132 valence electrons. The van der Waals surface area contributed by atoms with Crippen molar-refractivity contribution in [3.63, 3.8) is 0 Å². The zero-order valence-corrected chi connectivity index (χ0v) is 14.6. The van der Waals surface area contributed by atoms with Gasteiger partial charge in [-0.2, -0.15) is 0 Å². The van der Waals surface area contributed by atoms with Gasteiger partial charge in [0, 0.05) is 20.2 Å². The van der Waals surface area contributed by atoms with Crippen LogP contribution in [0.4, 0.5) is 0 Å². The number of benzene rings is 1. The van der Waals surface area contributed by atoms with Crippen molar-refractivity contribution in [2.45, 2.75) is 24.9 Å². The number of carbonyl (C=O) groups is 1. The molecule has 24 heavy (non-hydrogen) atoms. The number of piperidine rings is 1. The number of ether oxygens (including phenoxy) is 4. The number of hydrogen-bond acceptors (Lipinski definition) is 5. The lowest BCUT2D eigenvalue weighted by atomic mass is 9.79. The van der Waals surface area contributed by atoms with Crippen LogP contribution < -0.4 is 9.47 Å². The number of carbonyl (C=O) groups excluding carboxylic acids is 1. The van der Waals surface area contributed by atoms with E-state index < -0.39 is 0 Å². The summed E-state index contributed by atoms with van der Waals surface area (Å²) < 4.78 is 22.1. The summed E-state index contributed by atoms with van der Waals surface area (Å²) in [6, 6.07) is 4.10. The van der Waals surface area contributed by atoms with Crippen LogP contribution in [0, 0.1) is 0 Å². The van der Waals surface area contributed by atoms with Gasteiger partial charge < -0.3 is 23.8 Å². The lowest BCUT2D eigenvalue weighted by Gasteiger charge is -2.45. The number of nitrogens with zero attached hydrogens (tertiary/aromatic N) is 1. The van der Waals surface area contributed by atoms with Gasteiger partial charge in [0.1, 0.15) is 6.61 Å². The van der Waals surface area contributed by atoms with Crippen molar-refractivity contribution in [2.75, 3.05) is 47.6 Å². The minimum absolute atomic E-state index is 0.0377. The van der Waals surface area contributed by atoms with Gasteiger partial charge in [0.15, 0.2) is 11.5 Å². The molecule has 0 atom stereocenters. The Morgan fingerprint density at radius 2 is 1.83 bits per heavy atom. The second-order valence-corrected chi connectivity index (χ2v) is 6.27. The van der Waals surface area contributed by atoms with Crippen molar-refractivity contribution in [1.29, 1.82) is 0 Å². The summed E-state index contributed by atoms with van der Waals surface area (Å²) in [5.74, 6) is 1.51. The van der Waals surface area contributed by atoms with E-state index >= 15 is 0 Å². The topological polar surface area (TPSA) is 57.2 Å². The van der Waals surface area contributed by atoms with Gasteiger partial charge in [-0.05, 0) is 42.5 Å². The Bertz CT molecular complexity index is 608. The van der Waals surface area contributed by atoms with E-state index in [1.807, 2.05) is 11.0 Å². The lowest BCUT2D eigenvalue weighted by molar-refractivity contribution is -0.144. The lowest BCUT2D eigenvalue weighted by Crippen LogP contribution is -2.49. The van der Waals surface area contributed by atoms with Crippen LogP contribution in [0.1, 0.15) is 24.0 Å². The fourth-order valence-electron chi connectivity index (χ4n) is 3.73. The van der Waals surface area contributed by atoms with Crippen LogP contribution in [0.15, 0.2) is 12.1 Å². The van der Waals surface area contributed by atoms with Crippen LogP contribution in [0.5, 0.6) is 11.5 Å². The molecule has 6 nitrogen and oxygen atoms in total. The first kappa shape index (κ1) is 17.0. The number of fused-ring (bicyclic) bond motifs is 2. The van der Waals surface area contributed by atoms with Crippen molar-refractivity contribution in [3.8, 4) is 11.5 Å². The summed E-state index contributed by atoms with van der Waals surface area (Å²) in [4.78, 5) is 13.9. The molecular weight excluding hydrogens is 310 g/mol. The zero-order valence-electron chi connectivity index (χ0n) is 14.6. The third-order valence-corrected chi connectivity index (χ3v) is 5.04. The molecule has 0 unspecified atom stereocenters. The molecule has 0 bridgehead atoms. The van der Waals surface area contributed by atoms with E-state index in [1.165, 1.54) is 11.1 Å². The molecule has 1 spiro atoms. The van der Waals surface area contributed by atoms with Gasteiger partial charge in [-0.3, -0.25) is 4.79 Å². The number of amides is 1. The normalized spacial score (nSPS) is 19.0. The molecule has 6 heteroatoms. The summed E-state index contributed by atoms with van der Waals surface area (Å²) in [6.45, 7) is 2.18. The van der Waals surface area contributed by atoms with Crippen molar-refractivity contribution in [2.24, 2.45) is 0 Å². The third kappa shape index (κ3) is 2.96. The standard InChI is InChI=1S/C18H25NO5/c1-21-12-17(20)19-7-5-18(6-8-19)14-11-16(23-3)15(22-2)10-13(14)4-9-24-18/h10-11H,4-9,12H2,1-3H3. The molecule has 2 aliphatic rings. The van der Waals surface area contributed by atoms with Crippen molar-refractivity contribution in [3.05, 3.63) is 23.3 Å². The summed E-state index contributed by atoms with van der Waals surface area (Å²) in [5, 5.41) is 0. The Balaban J connectivity index is 1.86. The van der Waals surface area contributed by atoms with Gasteiger partial charge in [0.25, 0.3) is 0 Å². The first-order valence-corrected chi connectivity index (χ1v) is 8.29. The molecule has 0 N–H and O–H groups in total. The third-order valence-electron chi connectivity index (χ3n) is 5.04. The molecule has 1 fully saturated rings. The summed E-state index contributed by atoms with van der Waals surface area (Å²) >= 11 is 0. The largest absolute Gasteiger partial charge is 0.493 e. The summed E-state index contributed by atoms with van der Waals surface area (Å²) in [7, 11) is 4.84. The molecule has 0 aliphatic carbocycles. The Hall–Kier alpha value is -1.79. The highest BCUT2D eigenvalue weighted by Gasteiger charge is 2.42. The average Bonchev–Trinajstić information content (AvgIpc) is 2.62. The predicted molar refractivity (Wildman–Crippen MR) is 88.6 cm³/mol. The van der Waals surface area contributed by atoms with E-state index in [0.717, 1.165) is 30.8 Å². The van der Waals surface area contributed by atoms with Gasteiger partial charge in [0.05, 0.1) is 26.4 Å². The molecule has 3 rings (SSSR count). The highest BCUT2D eigenvalue weighted by atomic mass is 16.5. The zero-order chi connectivity index (χ0) is 17.2. The number of rotatable bonds is 4. The van der Waals surface area contributed by atoms with E-state index in [4.69, 9.17) is 18.9 Å². The van der Waals surface area contributed by atoms with Crippen LogP contribution >= 0.6 is 0 Å². The quantitative estimate of drug-likeness (QED) is 0.839. The van der Waals surface area contributed by atoms with Crippen LogP contribution in [-0.2, 0) is 26.3 Å². The van der Waals surface area contributed by atoms with Gasteiger partial charge in [-0.15, -0.1) is 0 Å². The van der Waals surface area contributed by atoms with Crippen molar-refractivity contribution in [1.82, 2.24) is 4.90 Å². The van der Waals surface area contributed by atoms with Crippen molar-refractivity contribution >= 4 is 5.91 Å². The second kappa shape index (κ2) is 6.99. The fraction of sp³-hybridized carbons (Fsp3) is 0.611. The number of likely N-dealkylation sites (tertiary alicyclic amines) is 1. The Kier molecular flexibility index (Phi) is 4.96. The number of methoxy groups -OCH3 is 3. The second-order valence-electron chi connectivity index (χ2n) is 6.27. The predicted octanol–water partition coefficient (Wildman–Crippen LogP) is 1.74. The van der Waals surface area contributed by atoms with E-state index in [2.05, 4.69) is 6.07 Å². The minimum Gasteiger partial charge on any atom is -0.493 e. The SMILES string of the molecule is COCC(=O)N1CCC2(CC1)OCCc1cc(OC)c(OC)cc12. The first-order valence-electron chi connectivity index (χ1n) is 8.29. The van der Waals surface area contributed by atoms with E-state index in [9.17, 15) is 4.79 Å². The van der Waals surface area contributed by atoms with Crippen LogP contribution in [0.3, 0.4) is 0 Å². The minimum atomic E-state index is -0.336. The van der Waals surface area contributed by atoms with Crippen molar-refractivity contribution < 1.29 is 23.7 Å². The van der Waals surface area contributed by atoms with E-state index in [0.29, 0.717) is 19.7 Å². The molecule has 0 aromatic heterocycles. The van der Waals surface area contributed by atoms with E-state index in [-0.39, 0.29) is 18.1 Å². The maximum absolute atomic E-state index is 12.0. The fourth-order valence-corrected chi connectivity index (χ4v) is 3.73. The molecule has 2 heterocycles. The smallest absolute Gasteiger partial charge is 0.248 e. The van der Waals surface area contributed by atoms with Gasteiger partial charge in [0.2, 0.25) is 5.91 Å². The van der Waals surface area contributed by atoms with Gasteiger partial charge in [-0.25, -0.2) is 0 Å². The molecular formula is C18H25NO5. The molecule has 0 saturated carbocycles. The average molecular weight is 335 g/mol. The maximum Gasteiger partial charge on any atom is 0.248 e.